The van der Waals surface area contributed by atoms with Gasteiger partial charge in [0.05, 0.1) is 0 Å². The Balaban J connectivity index is 2.24. The molecule has 3 heteroatoms. The third-order valence-corrected chi connectivity index (χ3v) is 1.66. The molecule has 0 aliphatic carbocycles. The van der Waals surface area contributed by atoms with E-state index in [1.807, 2.05) is 36.4 Å². The predicted molar refractivity (Wildman–Crippen MR) is 51.3 cm³/mol. The van der Waals surface area contributed by atoms with E-state index >= 15 is 0 Å². The van der Waals surface area contributed by atoms with Crippen molar-refractivity contribution in [2.45, 2.75) is 6.42 Å². The van der Waals surface area contributed by atoms with Crippen LogP contribution in [-0.4, -0.2) is 12.8 Å². The Morgan fingerprint density at radius 3 is 2.57 bits per heavy atom. The first kappa shape index (κ1) is 10.3. The first-order valence-electron chi connectivity index (χ1n) is 4.32. The Morgan fingerprint density at radius 1 is 1.21 bits per heavy atom. The third kappa shape index (κ3) is 4.30. The molecule has 1 aromatic carbocycles. The average molecular weight is 191 g/mol. The van der Waals surface area contributed by atoms with Crippen LogP contribution in [0.2, 0.25) is 0 Å². The van der Waals surface area contributed by atoms with E-state index in [9.17, 15) is 9.90 Å². The van der Waals surface area contributed by atoms with E-state index in [2.05, 4.69) is 4.74 Å². The molecule has 1 rings (SSSR count). The van der Waals surface area contributed by atoms with Crippen molar-refractivity contribution in [3.05, 3.63) is 48.0 Å². The summed E-state index contributed by atoms with van der Waals surface area (Å²) in [6.07, 6.45) is 2.80. The fraction of sp³-hybridized carbons (Fsp3) is 0.182. The maximum Gasteiger partial charge on any atom is 0.550 e. The lowest BCUT2D eigenvalue weighted by Gasteiger charge is -1.94. The zero-order valence-corrected chi connectivity index (χ0v) is 7.68. The van der Waals surface area contributed by atoms with E-state index in [1.165, 1.54) is 5.56 Å². The minimum atomic E-state index is -1.49. The number of carbonyl (C=O) groups excluding carboxylic acids is 1. The smallest absolute Gasteiger partial charge is 0.428 e. The van der Waals surface area contributed by atoms with Crippen LogP contribution < -0.4 is 0 Å². The molecular weight excluding hydrogens is 180 g/mol. The highest BCUT2D eigenvalue weighted by molar-refractivity contribution is 5.56. The Kier molecular flexibility index (Phi) is 4.27. The van der Waals surface area contributed by atoms with Crippen LogP contribution in [0.25, 0.3) is 0 Å². The molecule has 14 heavy (non-hydrogen) atoms. The molecule has 1 radical (unpaired) electrons. The summed E-state index contributed by atoms with van der Waals surface area (Å²) in [6.45, 7) is 0.0508. The van der Waals surface area contributed by atoms with Gasteiger partial charge in [0.2, 0.25) is 0 Å². The van der Waals surface area contributed by atoms with Crippen LogP contribution >= 0.6 is 0 Å². The Labute approximate surface area is 82.6 Å². The van der Waals surface area contributed by atoms with E-state index < -0.39 is 6.16 Å². The molecule has 0 amide bonds. The summed E-state index contributed by atoms with van der Waals surface area (Å²) < 4.78 is 4.20. The molecule has 0 aromatic heterocycles. The molecule has 0 unspecified atom stereocenters. The SMILES string of the molecule is [O]C(=O)OC/C=C/Cc1ccccc1. The van der Waals surface area contributed by atoms with Gasteiger partial charge in [-0.05, 0) is 12.0 Å². The predicted octanol–water partition coefficient (Wildman–Crippen LogP) is 2.35. The quantitative estimate of drug-likeness (QED) is 0.541. The number of benzene rings is 1. The van der Waals surface area contributed by atoms with Gasteiger partial charge in [-0.1, -0.05) is 42.5 Å². The van der Waals surface area contributed by atoms with Crippen molar-refractivity contribution in [2.24, 2.45) is 0 Å². The molecule has 0 N–H and O–H groups in total. The first-order valence-corrected chi connectivity index (χ1v) is 4.32. The molecule has 73 valence electrons. The molecule has 0 aliphatic rings. The van der Waals surface area contributed by atoms with Gasteiger partial charge in [0.25, 0.3) is 0 Å². The summed E-state index contributed by atoms with van der Waals surface area (Å²) in [4.78, 5) is 9.87. The highest BCUT2D eigenvalue weighted by atomic mass is 16.7. The molecule has 0 saturated carbocycles. The number of allylic oxidation sites excluding steroid dienone is 1. The molecule has 0 aliphatic heterocycles. The Hall–Kier alpha value is -1.77. The zero-order chi connectivity index (χ0) is 10.2. The summed E-state index contributed by atoms with van der Waals surface area (Å²) in [5.41, 5.74) is 1.18. The number of rotatable bonds is 4. The van der Waals surface area contributed by atoms with Crippen molar-refractivity contribution in [3.63, 3.8) is 0 Å². The molecule has 0 spiro atoms. The second-order valence-corrected chi connectivity index (χ2v) is 2.72. The summed E-state index contributed by atoms with van der Waals surface area (Å²) in [6, 6.07) is 9.88. The van der Waals surface area contributed by atoms with Crippen LogP contribution in [0.15, 0.2) is 42.5 Å². The fourth-order valence-electron chi connectivity index (χ4n) is 1.02. The van der Waals surface area contributed by atoms with Gasteiger partial charge >= 0.3 is 6.16 Å². The second-order valence-electron chi connectivity index (χ2n) is 2.72. The van der Waals surface area contributed by atoms with Gasteiger partial charge in [-0.15, -0.1) is 0 Å². The molecule has 1 aromatic rings. The van der Waals surface area contributed by atoms with Crippen LogP contribution in [0.4, 0.5) is 4.79 Å². The van der Waals surface area contributed by atoms with Gasteiger partial charge in [-0.3, -0.25) is 0 Å². The normalized spacial score (nSPS) is 10.3. The number of hydrogen-bond donors (Lipinski definition) is 0. The van der Waals surface area contributed by atoms with Crippen LogP contribution in [0.3, 0.4) is 0 Å². The van der Waals surface area contributed by atoms with Crippen molar-refractivity contribution in [1.82, 2.24) is 0 Å². The van der Waals surface area contributed by atoms with E-state index in [-0.39, 0.29) is 6.61 Å². The van der Waals surface area contributed by atoms with Crippen molar-refractivity contribution in [3.8, 4) is 0 Å². The van der Waals surface area contributed by atoms with Crippen LogP contribution in [0, 0.1) is 0 Å². The molecule has 0 fully saturated rings. The largest absolute Gasteiger partial charge is 0.550 e. The zero-order valence-electron chi connectivity index (χ0n) is 7.68. The second kappa shape index (κ2) is 5.80. The van der Waals surface area contributed by atoms with Crippen molar-refractivity contribution in [2.75, 3.05) is 6.61 Å². The van der Waals surface area contributed by atoms with Crippen molar-refractivity contribution in [1.29, 1.82) is 0 Å². The number of carbonyl (C=O) groups is 1. The van der Waals surface area contributed by atoms with Crippen molar-refractivity contribution < 1.29 is 14.6 Å². The third-order valence-electron chi connectivity index (χ3n) is 1.66. The van der Waals surface area contributed by atoms with Crippen molar-refractivity contribution >= 4 is 6.16 Å². The van der Waals surface area contributed by atoms with Crippen LogP contribution in [0.5, 0.6) is 0 Å². The first-order chi connectivity index (χ1) is 6.79. The van der Waals surface area contributed by atoms with E-state index in [4.69, 9.17) is 0 Å². The van der Waals surface area contributed by atoms with Gasteiger partial charge < -0.3 is 4.74 Å². The maximum absolute atomic E-state index is 9.87. The topological polar surface area (TPSA) is 46.2 Å². The standard InChI is InChI=1S/C11H11O3/c12-11(13)14-9-5-4-8-10-6-2-1-3-7-10/h1-7H,8-9H2/b5-4+. The highest BCUT2D eigenvalue weighted by Gasteiger charge is 1.94. The summed E-state index contributed by atoms with van der Waals surface area (Å²) in [5.74, 6) is 0. The van der Waals surface area contributed by atoms with E-state index in [0.717, 1.165) is 6.42 Å². The van der Waals surface area contributed by atoms with Crippen LogP contribution in [-0.2, 0) is 16.3 Å². The van der Waals surface area contributed by atoms with Gasteiger partial charge in [0.1, 0.15) is 6.61 Å². The van der Waals surface area contributed by atoms with Gasteiger partial charge in [0.15, 0.2) is 0 Å². The molecule has 0 heterocycles. The molecule has 3 nitrogen and oxygen atoms in total. The number of hydrogen-bond acceptors (Lipinski definition) is 2. The Morgan fingerprint density at radius 2 is 1.93 bits per heavy atom. The van der Waals surface area contributed by atoms with Gasteiger partial charge in [-0.2, -0.15) is 9.90 Å². The molecular formula is C11H11O3. The summed E-state index contributed by atoms with van der Waals surface area (Å²) in [5, 5.41) is 9.87. The molecule has 0 bridgehead atoms. The maximum atomic E-state index is 9.87. The monoisotopic (exact) mass is 191 g/mol. The Bertz CT molecular complexity index is 304. The lowest BCUT2D eigenvalue weighted by Crippen LogP contribution is -1.97. The van der Waals surface area contributed by atoms with Gasteiger partial charge in [0, 0.05) is 0 Å². The van der Waals surface area contributed by atoms with Crippen LogP contribution in [0.1, 0.15) is 5.56 Å². The lowest BCUT2D eigenvalue weighted by molar-refractivity contribution is 0.0769. The lowest BCUT2D eigenvalue weighted by atomic mass is 10.1. The van der Waals surface area contributed by atoms with E-state index in [1.54, 1.807) is 6.08 Å². The minimum absolute atomic E-state index is 0.0508. The molecule has 0 saturated heterocycles. The number of ether oxygens (including phenoxy) is 1. The summed E-state index contributed by atoms with van der Waals surface area (Å²) >= 11 is 0. The molecule has 0 atom stereocenters. The van der Waals surface area contributed by atoms with E-state index in [0.29, 0.717) is 0 Å². The minimum Gasteiger partial charge on any atom is -0.428 e. The van der Waals surface area contributed by atoms with Gasteiger partial charge in [-0.25, -0.2) is 0 Å². The summed E-state index contributed by atoms with van der Waals surface area (Å²) in [7, 11) is 0. The average Bonchev–Trinajstić information content (AvgIpc) is 2.18. The highest BCUT2D eigenvalue weighted by Crippen LogP contribution is 1.99. The fourth-order valence-corrected chi connectivity index (χ4v) is 1.02.